The molecule has 2 N–H and O–H groups in total. The van der Waals surface area contributed by atoms with Crippen LogP contribution in [0.25, 0.3) is 0 Å². The van der Waals surface area contributed by atoms with Crippen molar-refractivity contribution in [3.05, 3.63) is 0 Å². The fourth-order valence-corrected chi connectivity index (χ4v) is 0. The molecule has 0 atom stereocenters. The molecule has 0 spiro atoms. The number of hydrogen-bond acceptors (Lipinski definition) is 2. The van der Waals surface area contributed by atoms with E-state index >= 15 is 0 Å². The summed E-state index contributed by atoms with van der Waals surface area (Å²) in [6, 6.07) is 0. The standard InChI is InChI=1S/2CH4O.BH3/c2*1-2;/h2*2H,1H3;1H3. The predicted octanol–water partition coefficient (Wildman–Crippen LogP) is -1.97. The minimum Gasteiger partial charge on any atom is -0.400 e. The molecule has 0 amide bonds. The van der Waals surface area contributed by atoms with Crippen LogP contribution in [0.3, 0.4) is 0 Å². The molecule has 0 aliphatic heterocycles. The van der Waals surface area contributed by atoms with Crippen molar-refractivity contribution in [1.82, 2.24) is 0 Å². The van der Waals surface area contributed by atoms with Gasteiger partial charge in [-0.15, -0.1) is 0 Å². The van der Waals surface area contributed by atoms with E-state index in [0.717, 1.165) is 14.2 Å². The quantitative estimate of drug-likeness (QED) is 0.330. The Bertz CT molecular complexity index is 7.61. The van der Waals surface area contributed by atoms with Crippen molar-refractivity contribution in [3.8, 4) is 0 Å². The zero-order valence-corrected chi connectivity index (χ0v) is 2.89. The lowest BCUT2D eigenvalue weighted by Gasteiger charge is -1.21. The molecule has 0 saturated carbocycles. The molecule has 0 unspecified atom stereocenters. The zero-order chi connectivity index (χ0) is 4.00. The fourth-order valence-electron chi connectivity index (χ4n) is 0. The Kier molecular flexibility index (Phi) is 629000. The average molecular weight is 77.9 g/mol. The summed E-state index contributed by atoms with van der Waals surface area (Å²) < 4.78 is 0. The van der Waals surface area contributed by atoms with E-state index in [9.17, 15) is 0 Å². The molecule has 0 saturated heterocycles. The van der Waals surface area contributed by atoms with Crippen LogP contribution in [0.5, 0.6) is 0 Å². The van der Waals surface area contributed by atoms with Crippen molar-refractivity contribution >= 4 is 8.41 Å². The van der Waals surface area contributed by atoms with Crippen LogP contribution in [0.4, 0.5) is 0 Å². The molecule has 3 heteroatoms. The minimum atomic E-state index is 0. The molecule has 0 aromatic rings. The number of hydrogen-bond donors (Lipinski definition) is 2. The summed E-state index contributed by atoms with van der Waals surface area (Å²) in [5, 5.41) is 14.0. The molecule has 2 nitrogen and oxygen atoms in total. The molecule has 0 fully saturated rings. The van der Waals surface area contributed by atoms with Crippen molar-refractivity contribution in [1.29, 1.82) is 0 Å². The lowest BCUT2D eigenvalue weighted by Crippen LogP contribution is -1.25. The summed E-state index contributed by atoms with van der Waals surface area (Å²) in [7, 11) is 2.00. The highest BCUT2D eigenvalue weighted by atomic mass is 16.2. The van der Waals surface area contributed by atoms with Crippen LogP contribution in [0.15, 0.2) is 0 Å². The number of aliphatic hydroxyl groups is 2. The lowest BCUT2D eigenvalue weighted by molar-refractivity contribution is 0.399. The maximum Gasteiger partial charge on any atom is 0.0814 e. The van der Waals surface area contributed by atoms with E-state index in [4.69, 9.17) is 10.2 Å². The van der Waals surface area contributed by atoms with Crippen LogP contribution in [0.1, 0.15) is 0 Å². The second-order valence-electron chi connectivity index (χ2n) is 0. The first-order valence-electron chi connectivity index (χ1n) is 0.894. The first-order valence-corrected chi connectivity index (χ1v) is 0.894. The molecular formula is C2H11BO2. The summed E-state index contributed by atoms with van der Waals surface area (Å²) in [6.45, 7) is 0. The second-order valence-corrected chi connectivity index (χ2v) is 0. The zero-order valence-electron chi connectivity index (χ0n) is 2.89. The van der Waals surface area contributed by atoms with E-state index in [1.165, 1.54) is 0 Å². The summed E-state index contributed by atoms with van der Waals surface area (Å²) in [6.07, 6.45) is 0. The largest absolute Gasteiger partial charge is 0.400 e. The van der Waals surface area contributed by atoms with E-state index in [1.54, 1.807) is 0 Å². The lowest BCUT2D eigenvalue weighted by atomic mass is 10.8. The highest BCUT2D eigenvalue weighted by Gasteiger charge is 0.841. The molecule has 0 aliphatic rings. The van der Waals surface area contributed by atoms with Gasteiger partial charge in [0.2, 0.25) is 0 Å². The first-order chi connectivity index (χ1) is 2.00. The first kappa shape index (κ1) is 20.1. The Morgan fingerprint density at radius 2 is 0.800 bits per heavy atom. The third kappa shape index (κ3) is 69200. The third-order valence-electron chi connectivity index (χ3n) is 0. The van der Waals surface area contributed by atoms with Gasteiger partial charge in [-0.2, -0.15) is 0 Å². The SMILES string of the molecule is B.CO.CO. The fraction of sp³-hybridized carbons (Fsp3) is 1.00. The van der Waals surface area contributed by atoms with Crippen LogP contribution in [0, 0.1) is 0 Å². The van der Waals surface area contributed by atoms with Gasteiger partial charge in [0.15, 0.2) is 0 Å². The van der Waals surface area contributed by atoms with Gasteiger partial charge < -0.3 is 10.2 Å². The minimum absolute atomic E-state index is 0. The molecule has 34 valence electrons. The number of rotatable bonds is 0. The van der Waals surface area contributed by atoms with E-state index in [2.05, 4.69) is 0 Å². The molecule has 0 radical (unpaired) electrons. The van der Waals surface area contributed by atoms with Crippen LogP contribution < -0.4 is 0 Å². The van der Waals surface area contributed by atoms with Gasteiger partial charge >= 0.3 is 0 Å². The van der Waals surface area contributed by atoms with Crippen LogP contribution in [0.2, 0.25) is 0 Å². The monoisotopic (exact) mass is 78.1 g/mol. The molecule has 0 aromatic carbocycles. The summed E-state index contributed by atoms with van der Waals surface area (Å²) in [4.78, 5) is 0. The van der Waals surface area contributed by atoms with Gasteiger partial charge in [0.05, 0.1) is 8.41 Å². The Labute approximate surface area is 34.0 Å². The van der Waals surface area contributed by atoms with Gasteiger partial charge in [0.1, 0.15) is 0 Å². The van der Waals surface area contributed by atoms with Crippen molar-refractivity contribution in [2.75, 3.05) is 14.2 Å². The van der Waals surface area contributed by atoms with Crippen molar-refractivity contribution in [2.45, 2.75) is 0 Å². The van der Waals surface area contributed by atoms with Gasteiger partial charge in [0, 0.05) is 14.2 Å². The molecule has 0 bridgehead atoms. The molecular weight excluding hydrogens is 66.8 g/mol. The molecule has 0 heterocycles. The van der Waals surface area contributed by atoms with E-state index < -0.39 is 0 Å². The van der Waals surface area contributed by atoms with E-state index in [1.807, 2.05) is 0 Å². The van der Waals surface area contributed by atoms with E-state index in [-0.39, 0.29) is 8.41 Å². The van der Waals surface area contributed by atoms with Crippen LogP contribution in [-0.2, 0) is 0 Å². The maximum absolute atomic E-state index is 7.00. The van der Waals surface area contributed by atoms with Gasteiger partial charge in [-0.25, -0.2) is 0 Å². The topological polar surface area (TPSA) is 40.5 Å². The molecule has 0 aromatic heterocycles. The van der Waals surface area contributed by atoms with E-state index in [0.29, 0.717) is 0 Å². The van der Waals surface area contributed by atoms with Gasteiger partial charge in [-0.3, -0.25) is 0 Å². The normalized spacial score (nSPS) is 2.40. The van der Waals surface area contributed by atoms with Crippen molar-refractivity contribution in [3.63, 3.8) is 0 Å². The average Bonchev–Trinajstić information content (AvgIpc) is 1.50. The Hall–Kier alpha value is -0.0151. The van der Waals surface area contributed by atoms with Crippen molar-refractivity contribution in [2.24, 2.45) is 0 Å². The Morgan fingerprint density at radius 1 is 0.800 bits per heavy atom. The highest BCUT2D eigenvalue weighted by Crippen LogP contribution is 0.757. The molecule has 0 aliphatic carbocycles. The third-order valence-corrected chi connectivity index (χ3v) is 0. The van der Waals surface area contributed by atoms with Gasteiger partial charge in [-0.1, -0.05) is 0 Å². The molecule has 5 heavy (non-hydrogen) atoms. The molecule has 0 rings (SSSR count). The van der Waals surface area contributed by atoms with Crippen LogP contribution >= 0.6 is 0 Å². The summed E-state index contributed by atoms with van der Waals surface area (Å²) in [5.41, 5.74) is 0. The Balaban J connectivity index is -0.0000000133. The second kappa shape index (κ2) is 156000. The van der Waals surface area contributed by atoms with Gasteiger partial charge in [0.25, 0.3) is 0 Å². The van der Waals surface area contributed by atoms with Gasteiger partial charge in [-0.05, 0) is 0 Å². The maximum atomic E-state index is 7.00. The smallest absolute Gasteiger partial charge is 0.0814 e. The number of aliphatic hydroxyl groups excluding tert-OH is 2. The Morgan fingerprint density at radius 3 is 0.800 bits per heavy atom. The summed E-state index contributed by atoms with van der Waals surface area (Å²) in [5.74, 6) is 0. The predicted molar refractivity (Wildman–Crippen MR) is 26.2 cm³/mol. The van der Waals surface area contributed by atoms with Crippen molar-refractivity contribution < 1.29 is 10.2 Å². The highest BCUT2D eigenvalue weighted by molar-refractivity contribution is 5.75. The summed E-state index contributed by atoms with van der Waals surface area (Å²) >= 11 is 0. The van der Waals surface area contributed by atoms with Crippen LogP contribution in [-0.4, -0.2) is 32.8 Å².